The standard InChI is InChI=1S/C19H23N3O.C19H21N3O.C13H20BNO2.C12H15ClN2O2.C12H13ClN2O.C11H11ClN2O2/c2*1-12-3-4-15(20)9-17(12)14-8-18-19(21-10-14)13(2)7-16-11-23-6-5-22(16)18;1-9-6-7-10(15)8-11(9)14-16-12(2,3)13(4,5)17-14;1-12(16)5-9-7-17-3-2-15(9)10-4-8(13)6-14-11(10)12;1-8-4-10-7-16-3-2-15(10)11-5-9(13)6-14-12(8)11;12-7-3-9-11(13-5-7)10(15)4-8-6-16-2-1-14(8)9/h3-4,8-10,13,16H,5-7,11,20H2,1-2H3;3-4,7-10,16H,5-6,11,20H2,1-2H3;6-8H,15H2,1-5H3;4,6,9,16H,2-3,5,7H2,1H3;4-6,10H,2-3,7H2,1H3;3,5,8H,1-2,4,6H2. The number of rotatable bonds is 3. The van der Waals surface area contributed by atoms with Crippen molar-refractivity contribution in [2.24, 2.45) is 0 Å². The Kier molecular flexibility index (Phi) is 24.0. The van der Waals surface area contributed by atoms with Gasteiger partial charge in [-0.3, -0.25) is 24.7 Å². The Morgan fingerprint density at radius 3 is 1.46 bits per heavy atom. The fraction of sp³-hybridized carbons (Fsp3) is 0.442. The number of ketones is 1. The molecule has 8 aromatic rings. The number of benzene rings is 3. The minimum Gasteiger partial charge on any atom is -0.399 e. The number of aromatic nitrogens is 5. The summed E-state index contributed by atoms with van der Waals surface area (Å²) in [6, 6.07) is 29.6. The van der Waals surface area contributed by atoms with Crippen molar-refractivity contribution in [1.29, 1.82) is 0 Å². The van der Waals surface area contributed by atoms with Gasteiger partial charge in [-0.05, 0) is 181 Å². The van der Waals surface area contributed by atoms with Crippen LogP contribution >= 0.6 is 34.8 Å². The molecule has 6 saturated heterocycles. The van der Waals surface area contributed by atoms with E-state index in [9.17, 15) is 9.90 Å². The van der Waals surface area contributed by atoms with Crippen LogP contribution in [0.5, 0.6) is 0 Å². The quantitative estimate of drug-likeness (QED) is 0.0946. The van der Waals surface area contributed by atoms with Crippen molar-refractivity contribution >= 4 is 110 Å². The maximum atomic E-state index is 11.9. The number of carbonyl (C=O) groups is 1. The number of nitrogens with zero attached hydrogens (tertiary/aromatic N) is 10. The van der Waals surface area contributed by atoms with Crippen LogP contribution in [0.1, 0.15) is 131 Å². The maximum absolute atomic E-state index is 11.9. The lowest BCUT2D eigenvalue weighted by molar-refractivity contribution is 0.000911. The van der Waals surface area contributed by atoms with Crippen LogP contribution in [0.15, 0.2) is 128 Å². The zero-order valence-electron chi connectivity index (χ0n) is 65.9. The second kappa shape index (κ2) is 33.6. The molecule has 112 heavy (non-hydrogen) atoms. The van der Waals surface area contributed by atoms with Gasteiger partial charge in [-0.2, -0.15) is 0 Å². The predicted molar refractivity (Wildman–Crippen MR) is 450 cm³/mol. The van der Waals surface area contributed by atoms with Crippen LogP contribution in [-0.2, 0) is 38.6 Å². The van der Waals surface area contributed by atoms with Crippen LogP contribution in [0, 0.1) is 20.8 Å². The van der Waals surface area contributed by atoms with Crippen molar-refractivity contribution in [1.82, 2.24) is 24.9 Å². The van der Waals surface area contributed by atoms with Crippen LogP contribution in [0.4, 0.5) is 45.5 Å². The average Bonchev–Trinajstić information content (AvgIpc) is 1.02. The summed E-state index contributed by atoms with van der Waals surface area (Å²) in [5.41, 5.74) is 40.2. The van der Waals surface area contributed by atoms with Crippen molar-refractivity contribution in [2.75, 3.05) is 140 Å². The highest BCUT2D eigenvalue weighted by Gasteiger charge is 2.52. The van der Waals surface area contributed by atoms with Gasteiger partial charge in [0.1, 0.15) is 11.3 Å². The average molecular weight is 1580 g/mol. The fourth-order valence-electron chi connectivity index (χ4n) is 16.7. The third kappa shape index (κ3) is 17.2. The number of fused-ring (bicyclic) bond motifs is 15. The molecule has 0 radical (unpaired) electrons. The van der Waals surface area contributed by atoms with E-state index in [2.05, 4.69) is 138 Å². The molecule has 7 atom stereocenters. The lowest BCUT2D eigenvalue weighted by Crippen LogP contribution is -2.53. The minimum absolute atomic E-state index is 0.0819. The van der Waals surface area contributed by atoms with E-state index in [1.165, 1.54) is 51.1 Å². The first-order chi connectivity index (χ1) is 53.6. The summed E-state index contributed by atoms with van der Waals surface area (Å²) in [5, 5.41) is 12.3. The summed E-state index contributed by atoms with van der Waals surface area (Å²) in [6.07, 6.45) is 15.5. The number of nitrogen functional groups attached to an aromatic ring is 3. The van der Waals surface area contributed by atoms with Gasteiger partial charge in [-0.25, -0.2) is 4.98 Å². The van der Waals surface area contributed by atoms with E-state index in [1.807, 2.05) is 80.0 Å². The number of Topliss-reactive ketones (excluding diaryl/α,β-unsaturated/α-hetero) is 1. The van der Waals surface area contributed by atoms with Gasteiger partial charge in [0.15, 0.2) is 5.78 Å². The number of anilines is 8. The van der Waals surface area contributed by atoms with E-state index < -0.39 is 5.60 Å². The van der Waals surface area contributed by atoms with E-state index in [-0.39, 0.29) is 36.2 Å². The largest absolute Gasteiger partial charge is 0.495 e. The third-order valence-corrected chi connectivity index (χ3v) is 24.0. The van der Waals surface area contributed by atoms with E-state index in [0.29, 0.717) is 84.1 Å². The molecule has 0 saturated carbocycles. The number of halogens is 3. The summed E-state index contributed by atoms with van der Waals surface area (Å²) in [5.74, 6) is 0.558. The molecule has 11 aliphatic heterocycles. The maximum Gasteiger partial charge on any atom is 0.495 e. The molecule has 5 aromatic heterocycles. The van der Waals surface area contributed by atoms with Crippen LogP contribution in [0.25, 0.3) is 33.4 Å². The lowest BCUT2D eigenvalue weighted by Gasteiger charge is -2.46. The highest BCUT2D eigenvalue weighted by atomic mass is 35.5. The van der Waals surface area contributed by atoms with Gasteiger partial charge in [0.25, 0.3) is 0 Å². The summed E-state index contributed by atoms with van der Waals surface area (Å²) < 4.78 is 39.7. The normalized spacial score (nSPS) is 23.8. The summed E-state index contributed by atoms with van der Waals surface area (Å²) in [6.45, 7) is 34.5. The number of pyridine rings is 5. The first kappa shape index (κ1) is 80.2. The monoisotopic (exact) mass is 1580 g/mol. The first-order valence-electron chi connectivity index (χ1n) is 38.9. The number of ether oxygens (including phenoxy) is 5. The Balaban J connectivity index is 0.000000112. The number of nitrogens with two attached hydrogens (primary N) is 3. The Labute approximate surface area is 673 Å². The zero-order chi connectivity index (χ0) is 79.1. The van der Waals surface area contributed by atoms with Gasteiger partial charge >= 0.3 is 7.12 Å². The van der Waals surface area contributed by atoms with Gasteiger partial charge in [-0.15, -0.1) is 0 Å². The molecule has 0 spiro atoms. The molecular weight excluding hydrogens is 1480 g/mol. The Bertz CT molecular complexity index is 4850. The Morgan fingerprint density at radius 1 is 0.473 bits per heavy atom. The minimum atomic E-state index is -0.901. The fourth-order valence-corrected chi connectivity index (χ4v) is 17.2. The number of carbonyl (C=O) groups excluding carboxylic acids is 1. The molecule has 26 heteroatoms. The molecule has 22 nitrogen and oxygen atoms in total. The number of hydrogen-bond donors (Lipinski definition) is 4. The molecular formula is C86H103BCl3N13O9. The molecule has 0 aliphatic carbocycles. The number of aliphatic hydroxyl groups is 1. The van der Waals surface area contributed by atoms with Gasteiger partial charge in [0.05, 0.1) is 174 Å². The van der Waals surface area contributed by atoms with E-state index in [0.717, 1.165) is 158 Å². The number of morpholine rings is 5. The second-order valence-electron chi connectivity index (χ2n) is 32.0. The van der Waals surface area contributed by atoms with Gasteiger partial charge in [0.2, 0.25) is 0 Å². The summed E-state index contributed by atoms with van der Waals surface area (Å²) in [4.78, 5) is 45.9. The van der Waals surface area contributed by atoms with Crippen molar-refractivity contribution in [3.63, 3.8) is 0 Å². The molecule has 6 fully saturated rings. The molecule has 19 rings (SSSR count). The first-order valence-corrected chi connectivity index (χ1v) is 40.0. The second-order valence-corrected chi connectivity index (χ2v) is 33.3. The van der Waals surface area contributed by atoms with E-state index in [1.54, 1.807) is 19.3 Å². The van der Waals surface area contributed by atoms with Crippen LogP contribution in [0.2, 0.25) is 15.1 Å². The van der Waals surface area contributed by atoms with Crippen molar-refractivity contribution < 1.29 is 42.9 Å². The molecule has 0 amide bonds. The Morgan fingerprint density at radius 2 is 0.893 bits per heavy atom. The Hall–Kier alpha value is -8.43. The van der Waals surface area contributed by atoms with Crippen molar-refractivity contribution in [3.05, 3.63) is 188 Å². The summed E-state index contributed by atoms with van der Waals surface area (Å²) >= 11 is 17.9. The molecule has 590 valence electrons. The molecule has 11 aliphatic rings. The number of allylic oxidation sites excluding steroid dienone is 2. The van der Waals surface area contributed by atoms with Crippen LogP contribution in [0.3, 0.4) is 0 Å². The molecule has 16 heterocycles. The number of hydrogen-bond acceptors (Lipinski definition) is 22. The number of aryl methyl sites for hydroxylation is 3. The van der Waals surface area contributed by atoms with Crippen molar-refractivity contribution in [3.8, 4) is 22.3 Å². The molecule has 7 N–H and O–H groups in total. The lowest BCUT2D eigenvalue weighted by atomic mass is 9.76. The highest BCUT2D eigenvalue weighted by molar-refractivity contribution is 6.62. The topological polar surface area (TPSA) is 261 Å². The smallest absolute Gasteiger partial charge is 0.399 e. The molecule has 3 aromatic carbocycles. The van der Waals surface area contributed by atoms with E-state index in [4.69, 9.17) is 95.0 Å². The molecule has 7 unspecified atom stereocenters. The van der Waals surface area contributed by atoms with Gasteiger partial charge in [-0.1, -0.05) is 77.6 Å². The van der Waals surface area contributed by atoms with Crippen molar-refractivity contribution in [2.45, 2.75) is 148 Å². The highest BCUT2D eigenvalue weighted by Crippen LogP contribution is 2.45. The van der Waals surface area contributed by atoms with E-state index >= 15 is 0 Å². The van der Waals surface area contributed by atoms with Gasteiger partial charge in [0, 0.05) is 111 Å². The van der Waals surface area contributed by atoms with Gasteiger partial charge < -0.3 is 79.8 Å². The van der Waals surface area contributed by atoms with Crippen LogP contribution < -0.4 is 47.2 Å². The molecule has 0 bridgehead atoms. The zero-order valence-corrected chi connectivity index (χ0v) is 68.2. The SMILES string of the molecule is CC1(O)CC2COCCN2c2cc(Cl)cnc21.CC1=CC2COCCN2c2cc(-c3cc(N)ccc3C)cnc21.CC1=CC2COCCN2c2cc(Cl)cnc21.Cc1ccc(N)cc1-c1cnc2c(c1)N1CCOCC1CC2C.Cc1ccc(N)cc1B1OC(C)(C)C(C)(C)O1.O=C1CC2COCCN2c2cc(Cl)cnc21. The predicted octanol–water partition coefficient (Wildman–Crippen LogP) is 13.9. The summed E-state index contributed by atoms with van der Waals surface area (Å²) in [7, 11) is -0.330. The third-order valence-electron chi connectivity index (χ3n) is 23.3. The van der Waals surface area contributed by atoms with Crippen LogP contribution in [-0.4, -0.2) is 183 Å².